The van der Waals surface area contributed by atoms with Gasteiger partial charge in [0.05, 0.1) is 22.6 Å². The summed E-state index contributed by atoms with van der Waals surface area (Å²) < 4.78 is 59.9. The van der Waals surface area contributed by atoms with E-state index in [9.17, 15) is 26.4 Å². The lowest BCUT2D eigenvalue weighted by Gasteiger charge is -2.28. The first-order valence-corrected chi connectivity index (χ1v) is 9.65. The molecule has 1 saturated heterocycles. The van der Waals surface area contributed by atoms with Crippen LogP contribution in [0.25, 0.3) is 0 Å². The molecule has 2 rings (SSSR count). The number of halogens is 3. The number of hydrogen-bond acceptors (Lipinski definition) is 3. The first-order chi connectivity index (χ1) is 11.4. The maximum absolute atomic E-state index is 12.6. The zero-order valence-electron chi connectivity index (χ0n) is 14.0. The summed E-state index contributed by atoms with van der Waals surface area (Å²) >= 11 is 0. The van der Waals surface area contributed by atoms with E-state index in [4.69, 9.17) is 0 Å². The predicted molar refractivity (Wildman–Crippen MR) is 87.8 cm³/mol. The van der Waals surface area contributed by atoms with Crippen molar-refractivity contribution in [2.24, 2.45) is 5.92 Å². The number of alkyl halides is 3. The van der Waals surface area contributed by atoms with Gasteiger partial charge in [-0.05, 0) is 43.9 Å². The molecule has 0 aliphatic carbocycles. The van der Waals surface area contributed by atoms with Crippen molar-refractivity contribution in [1.29, 1.82) is 0 Å². The van der Waals surface area contributed by atoms with Crippen LogP contribution in [0.4, 0.5) is 18.0 Å². The van der Waals surface area contributed by atoms with Gasteiger partial charge < -0.3 is 10.6 Å². The van der Waals surface area contributed by atoms with Crippen molar-refractivity contribution in [3.05, 3.63) is 35.4 Å². The Morgan fingerprint density at radius 2 is 1.64 bits per heavy atom. The molecule has 0 aromatic heterocycles. The van der Waals surface area contributed by atoms with Crippen LogP contribution in [0.1, 0.15) is 31.4 Å². The normalized spacial score (nSPS) is 17.6. The van der Waals surface area contributed by atoms with Crippen molar-refractivity contribution in [3.8, 4) is 0 Å². The molecule has 2 N–H and O–H groups in total. The van der Waals surface area contributed by atoms with E-state index in [0.29, 0.717) is 18.5 Å². The second-order valence-corrected chi connectivity index (χ2v) is 8.97. The Balaban J connectivity index is 1.84. The van der Waals surface area contributed by atoms with Crippen molar-refractivity contribution < 1.29 is 26.4 Å². The average Bonchev–Trinajstić information content (AvgIpc) is 2.44. The highest BCUT2D eigenvalue weighted by molar-refractivity contribution is 7.92. The quantitative estimate of drug-likeness (QED) is 0.827. The largest absolute Gasteiger partial charge is 0.416 e. The number of nitrogens with one attached hydrogen (secondary N) is 2. The lowest BCUT2D eigenvalue weighted by atomic mass is 9.93. The molecule has 1 aliphatic rings. The van der Waals surface area contributed by atoms with Crippen LogP contribution in [0.2, 0.25) is 0 Å². The molecule has 1 aromatic rings. The van der Waals surface area contributed by atoms with Gasteiger partial charge in [0.15, 0.2) is 9.84 Å². The molecule has 2 amide bonds. The molecule has 1 aromatic carbocycles. The fourth-order valence-electron chi connectivity index (χ4n) is 2.70. The van der Waals surface area contributed by atoms with E-state index >= 15 is 0 Å². The van der Waals surface area contributed by atoms with E-state index in [1.54, 1.807) is 13.8 Å². The van der Waals surface area contributed by atoms with Gasteiger partial charge in [0.1, 0.15) is 0 Å². The minimum absolute atomic E-state index is 0.0771. The van der Waals surface area contributed by atoms with Crippen molar-refractivity contribution in [2.75, 3.05) is 18.1 Å². The number of rotatable bonds is 5. The number of amides is 2. The third-order valence-corrected chi connectivity index (χ3v) is 6.14. The van der Waals surface area contributed by atoms with Crippen LogP contribution in [0, 0.1) is 5.92 Å². The third-order valence-electron chi connectivity index (χ3n) is 4.18. The van der Waals surface area contributed by atoms with E-state index in [1.807, 2.05) is 0 Å². The SMILES string of the molecule is CC(C)(NC(=O)NCCC1CS(=O)(=O)C1)c1ccc(C(F)(F)F)cc1. The zero-order chi connectivity index (χ0) is 18.9. The predicted octanol–water partition coefficient (Wildman–Crippen LogP) is 2.67. The molecule has 1 heterocycles. The maximum atomic E-state index is 12.6. The first-order valence-electron chi connectivity index (χ1n) is 7.83. The molecule has 9 heteroatoms. The summed E-state index contributed by atoms with van der Waals surface area (Å²) in [7, 11) is -2.87. The topological polar surface area (TPSA) is 75.3 Å². The smallest absolute Gasteiger partial charge is 0.338 e. The van der Waals surface area contributed by atoms with Crippen LogP contribution in [-0.2, 0) is 21.6 Å². The van der Waals surface area contributed by atoms with Crippen LogP contribution in [0.15, 0.2) is 24.3 Å². The Hall–Kier alpha value is -1.77. The fraction of sp³-hybridized carbons (Fsp3) is 0.562. The van der Waals surface area contributed by atoms with Crippen LogP contribution in [0.3, 0.4) is 0 Å². The molecule has 0 saturated carbocycles. The molecule has 0 bridgehead atoms. The van der Waals surface area contributed by atoms with E-state index in [1.165, 1.54) is 12.1 Å². The van der Waals surface area contributed by atoms with Crippen LogP contribution >= 0.6 is 0 Å². The van der Waals surface area contributed by atoms with Crippen molar-refractivity contribution in [3.63, 3.8) is 0 Å². The Labute approximate surface area is 144 Å². The van der Waals surface area contributed by atoms with E-state index in [-0.39, 0.29) is 17.4 Å². The zero-order valence-corrected chi connectivity index (χ0v) is 14.8. The molecule has 0 atom stereocenters. The minimum Gasteiger partial charge on any atom is -0.338 e. The highest BCUT2D eigenvalue weighted by Gasteiger charge is 2.33. The van der Waals surface area contributed by atoms with E-state index in [2.05, 4.69) is 10.6 Å². The number of benzene rings is 1. The van der Waals surface area contributed by atoms with Gasteiger partial charge in [-0.3, -0.25) is 0 Å². The highest BCUT2D eigenvalue weighted by atomic mass is 32.2. The number of urea groups is 1. The first kappa shape index (κ1) is 19.6. The van der Waals surface area contributed by atoms with Gasteiger partial charge in [0.2, 0.25) is 0 Å². The summed E-state index contributed by atoms with van der Waals surface area (Å²) in [6.45, 7) is 3.72. The lowest BCUT2D eigenvalue weighted by Crippen LogP contribution is -2.47. The summed E-state index contributed by atoms with van der Waals surface area (Å²) in [6.07, 6.45) is -3.82. The summed E-state index contributed by atoms with van der Waals surface area (Å²) in [5, 5.41) is 5.35. The molecular formula is C16H21F3N2O3S. The van der Waals surface area contributed by atoms with Crippen LogP contribution in [0.5, 0.6) is 0 Å². The number of sulfone groups is 1. The molecule has 5 nitrogen and oxygen atoms in total. The van der Waals surface area contributed by atoms with Gasteiger partial charge in [-0.2, -0.15) is 13.2 Å². The molecule has 1 fully saturated rings. The van der Waals surface area contributed by atoms with Crippen LogP contribution in [-0.4, -0.2) is 32.5 Å². The number of carbonyl (C=O) groups excluding carboxylic acids is 1. The molecule has 0 radical (unpaired) electrons. The third kappa shape index (κ3) is 5.35. The Morgan fingerprint density at radius 3 is 2.12 bits per heavy atom. The van der Waals surface area contributed by atoms with Gasteiger partial charge in [-0.25, -0.2) is 13.2 Å². The van der Waals surface area contributed by atoms with Gasteiger partial charge in [-0.15, -0.1) is 0 Å². The molecule has 0 spiro atoms. The van der Waals surface area contributed by atoms with Crippen molar-refractivity contribution in [1.82, 2.24) is 10.6 Å². The molecule has 25 heavy (non-hydrogen) atoms. The molecule has 140 valence electrons. The summed E-state index contributed by atoms with van der Waals surface area (Å²) in [5.41, 5.74) is -1.05. The second-order valence-electron chi connectivity index (χ2n) is 6.81. The van der Waals surface area contributed by atoms with E-state index in [0.717, 1.165) is 12.1 Å². The molecule has 1 aliphatic heterocycles. The van der Waals surface area contributed by atoms with E-state index < -0.39 is 33.1 Å². The number of hydrogen-bond donors (Lipinski definition) is 2. The molecular weight excluding hydrogens is 357 g/mol. The van der Waals surface area contributed by atoms with Crippen molar-refractivity contribution >= 4 is 15.9 Å². The van der Waals surface area contributed by atoms with Gasteiger partial charge in [-0.1, -0.05) is 12.1 Å². The fourth-order valence-corrected chi connectivity index (χ4v) is 4.37. The number of carbonyl (C=O) groups is 1. The Kier molecular flexibility index (Phi) is 5.36. The van der Waals surface area contributed by atoms with Gasteiger partial charge in [0, 0.05) is 6.54 Å². The standard InChI is InChI=1S/C16H21F3N2O3S/c1-15(2,12-3-5-13(6-4-12)16(17,18)19)21-14(22)20-8-7-11-9-25(23,24)10-11/h3-6,11H,7-10H2,1-2H3,(H2,20,21,22). The maximum Gasteiger partial charge on any atom is 0.416 e. The van der Waals surface area contributed by atoms with Crippen molar-refractivity contribution in [2.45, 2.75) is 32.0 Å². The van der Waals surface area contributed by atoms with Crippen LogP contribution < -0.4 is 10.6 Å². The monoisotopic (exact) mass is 378 g/mol. The summed E-state index contributed by atoms with van der Waals surface area (Å²) in [5.74, 6) is 0.397. The Morgan fingerprint density at radius 1 is 1.12 bits per heavy atom. The minimum atomic E-state index is -4.40. The average molecular weight is 378 g/mol. The second kappa shape index (κ2) is 6.86. The highest BCUT2D eigenvalue weighted by Crippen LogP contribution is 2.30. The lowest BCUT2D eigenvalue weighted by molar-refractivity contribution is -0.137. The molecule has 0 unspecified atom stereocenters. The summed E-state index contributed by atoms with van der Waals surface area (Å²) in [4.78, 5) is 12.0. The van der Waals surface area contributed by atoms with Gasteiger partial charge in [0.25, 0.3) is 0 Å². The van der Waals surface area contributed by atoms with Gasteiger partial charge >= 0.3 is 12.2 Å². The Bertz CT molecular complexity index is 716. The summed E-state index contributed by atoms with van der Waals surface area (Å²) in [6, 6.07) is 4.18.